The number of benzene rings is 2. The molecule has 4 rings (SSSR count). The van der Waals surface area contributed by atoms with Crippen LogP contribution in [0.5, 0.6) is 11.5 Å². The quantitative estimate of drug-likeness (QED) is 0.366. The molecule has 0 radical (unpaired) electrons. The Morgan fingerprint density at radius 2 is 1.64 bits per heavy atom. The van der Waals surface area contributed by atoms with Crippen molar-refractivity contribution in [3.8, 4) is 11.5 Å². The van der Waals surface area contributed by atoms with Crippen LogP contribution in [0.4, 0.5) is 5.13 Å². The summed E-state index contributed by atoms with van der Waals surface area (Å²) in [4.78, 5) is 31.2. The number of carbonyl (C=O) groups is 1. The van der Waals surface area contributed by atoms with Gasteiger partial charge < -0.3 is 14.4 Å². The second-order valence-electron chi connectivity index (χ2n) is 7.39. The molecule has 172 valence electrons. The topological polar surface area (TPSA) is 80.7 Å². The number of carbonyl (C=O) groups excluding carboxylic acids is 1. The van der Waals surface area contributed by atoms with Crippen LogP contribution in [0.15, 0.2) is 42.7 Å². The van der Waals surface area contributed by atoms with Crippen LogP contribution in [-0.2, 0) is 0 Å². The largest absolute Gasteiger partial charge is 0.495 e. The molecule has 0 bridgehead atoms. The minimum Gasteiger partial charge on any atom is -0.495 e. The molecule has 8 nitrogen and oxygen atoms in total. The lowest BCUT2D eigenvalue weighted by Gasteiger charge is -2.24. The van der Waals surface area contributed by atoms with Crippen LogP contribution < -0.4 is 14.4 Å². The Bertz CT molecular complexity index is 1230. The summed E-state index contributed by atoms with van der Waals surface area (Å²) in [6.07, 6.45) is 3.27. The van der Waals surface area contributed by atoms with Crippen molar-refractivity contribution in [1.29, 1.82) is 0 Å². The van der Waals surface area contributed by atoms with E-state index in [2.05, 4.69) is 28.7 Å². The van der Waals surface area contributed by atoms with Crippen molar-refractivity contribution in [2.45, 2.75) is 13.8 Å². The summed E-state index contributed by atoms with van der Waals surface area (Å²) in [5.74, 6) is 1.21. The molecule has 0 atom stereocenters. The molecule has 0 saturated carbocycles. The summed E-state index contributed by atoms with van der Waals surface area (Å²) in [7, 11) is 3.24. The van der Waals surface area contributed by atoms with Gasteiger partial charge in [0.1, 0.15) is 21.7 Å². The molecule has 2 aromatic carbocycles. The first-order chi connectivity index (χ1) is 16.1. The molecular weight excluding hydrogens is 438 g/mol. The maximum atomic E-state index is 13.7. The lowest BCUT2D eigenvalue weighted by Crippen LogP contribution is -2.38. The number of anilines is 1. The van der Waals surface area contributed by atoms with Gasteiger partial charge in [-0.25, -0.2) is 4.98 Å². The SMILES string of the molecule is CCN(CC)CCN(C(=O)c1ccc2nccnc2c1)c1nc2c(OC)ccc(OC)c2s1. The Kier molecular flexibility index (Phi) is 7.00. The van der Waals surface area contributed by atoms with E-state index in [1.165, 1.54) is 11.3 Å². The highest BCUT2D eigenvalue weighted by Crippen LogP contribution is 2.40. The van der Waals surface area contributed by atoms with Crippen LogP contribution in [-0.4, -0.2) is 66.2 Å². The van der Waals surface area contributed by atoms with E-state index in [0.717, 1.165) is 29.9 Å². The molecule has 0 saturated heterocycles. The van der Waals surface area contributed by atoms with Crippen molar-refractivity contribution in [1.82, 2.24) is 19.9 Å². The Morgan fingerprint density at radius 3 is 2.33 bits per heavy atom. The van der Waals surface area contributed by atoms with Gasteiger partial charge in [0.25, 0.3) is 5.91 Å². The first-order valence-electron chi connectivity index (χ1n) is 10.9. The summed E-state index contributed by atoms with van der Waals surface area (Å²) >= 11 is 1.42. The third-order valence-corrected chi connectivity index (χ3v) is 6.72. The van der Waals surface area contributed by atoms with E-state index in [0.29, 0.717) is 39.8 Å². The fourth-order valence-corrected chi connectivity index (χ4v) is 4.81. The maximum Gasteiger partial charge on any atom is 0.260 e. The van der Waals surface area contributed by atoms with Crippen molar-refractivity contribution < 1.29 is 14.3 Å². The Labute approximate surface area is 196 Å². The van der Waals surface area contributed by atoms with E-state index in [1.807, 2.05) is 18.2 Å². The highest BCUT2D eigenvalue weighted by atomic mass is 32.1. The molecule has 0 aliphatic rings. The molecule has 9 heteroatoms. The third kappa shape index (κ3) is 4.60. The minimum absolute atomic E-state index is 0.133. The van der Waals surface area contributed by atoms with Crippen molar-refractivity contribution in [3.63, 3.8) is 0 Å². The van der Waals surface area contributed by atoms with Crippen LogP contribution in [0, 0.1) is 0 Å². The predicted octanol–water partition coefficient (Wildman–Crippen LogP) is 4.25. The number of hydrogen-bond donors (Lipinski definition) is 0. The van der Waals surface area contributed by atoms with Gasteiger partial charge >= 0.3 is 0 Å². The number of amides is 1. The second kappa shape index (κ2) is 10.1. The number of nitrogens with zero attached hydrogens (tertiary/aromatic N) is 5. The van der Waals surface area contributed by atoms with Crippen LogP contribution in [0.3, 0.4) is 0 Å². The molecule has 1 amide bonds. The van der Waals surface area contributed by atoms with Gasteiger partial charge in [-0.3, -0.25) is 19.7 Å². The summed E-state index contributed by atoms with van der Waals surface area (Å²) < 4.78 is 11.9. The van der Waals surface area contributed by atoms with Gasteiger partial charge in [0.2, 0.25) is 0 Å². The van der Waals surface area contributed by atoms with Gasteiger partial charge in [0.05, 0.1) is 25.3 Å². The van der Waals surface area contributed by atoms with Crippen LogP contribution in [0.1, 0.15) is 24.2 Å². The molecular formula is C24H27N5O3S. The van der Waals surface area contributed by atoms with E-state index in [-0.39, 0.29) is 5.91 Å². The molecule has 0 N–H and O–H groups in total. The number of likely N-dealkylation sites (N-methyl/N-ethyl adjacent to an activating group) is 1. The highest BCUT2D eigenvalue weighted by Gasteiger charge is 2.24. The fourth-order valence-electron chi connectivity index (χ4n) is 3.71. The second-order valence-corrected chi connectivity index (χ2v) is 8.37. The highest BCUT2D eigenvalue weighted by molar-refractivity contribution is 7.22. The van der Waals surface area contributed by atoms with Gasteiger partial charge in [0.15, 0.2) is 5.13 Å². The van der Waals surface area contributed by atoms with Crippen molar-refractivity contribution >= 4 is 43.6 Å². The zero-order chi connectivity index (χ0) is 23.4. The van der Waals surface area contributed by atoms with Gasteiger partial charge in [-0.1, -0.05) is 25.2 Å². The Hall–Kier alpha value is -3.30. The first kappa shape index (κ1) is 22.9. The van der Waals surface area contributed by atoms with Crippen molar-refractivity contribution in [2.75, 3.05) is 45.3 Å². The normalized spacial score (nSPS) is 11.3. The average molecular weight is 466 g/mol. The lowest BCUT2D eigenvalue weighted by molar-refractivity contribution is 0.0984. The van der Waals surface area contributed by atoms with E-state index >= 15 is 0 Å². The molecule has 2 aromatic heterocycles. The number of ether oxygens (including phenoxy) is 2. The maximum absolute atomic E-state index is 13.7. The van der Waals surface area contributed by atoms with E-state index in [4.69, 9.17) is 14.5 Å². The van der Waals surface area contributed by atoms with Crippen molar-refractivity contribution in [3.05, 3.63) is 48.3 Å². The number of fused-ring (bicyclic) bond motifs is 2. The molecule has 0 aliphatic heterocycles. The fraction of sp³-hybridized carbons (Fsp3) is 0.333. The van der Waals surface area contributed by atoms with Crippen LogP contribution in [0.25, 0.3) is 21.3 Å². The molecule has 0 aliphatic carbocycles. The zero-order valence-electron chi connectivity index (χ0n) is 19.2. The lowest BCUT2D eigenvalue weighted by atomic mass is 10.1. The number of aromatic nitrogens is 3. The molecule has 0 spiro atoms. The molecule has 0 fully saturated rings. The number of thiazole rings is 1. The number of hydrogen-bond acceptors (Lipinski definition) is 8. The monoisotopic (exact) mass is 465 g/mol. The predicted molar refractivity (Wildman–Crippen MR) is 132 cm³/mol. The number of rotatable bonds is 9. The minimum atomic E-state index is -0.133. The van der Waals surface area contributed by atoms with Gasteiger partial charge in [0, 0.05) is 31.0 Å². The first-order valence-corrected chi connectivity index (χ1v) is 11.7. The average Bonchev–Trinajstić information content (AvgIpc) is 3.30. The van der Waals surface area contributed by atoms with Crippen LogP contribution >= 0.6 is 11.3 Å². The molecule has 2 heterocycles. The Morgan fingerprint density at radius 1 is 0.939 bits per heavy atom. The molecule has 33 heavy (non-hydrogen) atoms. The summed E-state index contributed by atoms with van der Waals surface area (Å²) in [5, 5.41) is 0.601. The van der Waals surface area contributed by atoms with Crippen molar-refractivity contribution in [2.24, 2.45) is 0 Å². The standard InChI is InChI=1S/C24H27N5O3S/c1-5-28(6-2)13-14-29(23(30)16-7-8-17-18(15-16)26-12-11-25-17)24-27-21-19(31-3)9-10-20(32-4)22(21)33-24/h7-12,15H,5-6,13-14H2,1-4H3. The van der Waals surface area contributed by atoms with E-state index < -0.39 is 0 Å². The third-order valence-electron chi connectivity index (χ3n) is 5.63. The van der Waals surface area contributed by atoms with E-state index in [1.54, 1.807) is 43.6 Å². The molecule has 0 unspecified atom stereocenters. The summed E-state index contributed by atoms with van der Waals surface area (Å²) in [6, 6.07) is 9.08. The van der Waals surface area contributed by atoms with E-state index in [9.17, 15) is 4.79 Å². The van der Waals surface area contributed by atoms with Gasteiger partial charge in [-0.05, 0) is 43.4 Å². The smallest absolute Gasteiger partial charge is 0.260 e. The summed E-state index contributed by atoms with van der Waals surface area (Å²) in [5.41, 5.74) is 2.65. The van der Waals surface area contributed by atoms with Gasteiger partial charge in [-0.2, -0.15) is 0 Å². The van der Waals surface area contributed by atoms with Crippen LogP contribution in [0.2, 0.25) is 0 Å². The zero-order valence-corrected chi connectivity index (χ0v) is 20.1. The Balaban J connectivity index is 1.78. The number of methoxy groups -OCH3 is 2. The molecule has 4 aromatic rings. The summed E-state index contributed by atoms with van der Waals surface area (Å²) in [6.45, 7) is 7.28. The van der Waals surface area contributed by atoms with Gasteiger partial charge in [-0.15, -0.1) is 0 Å².